The first kappa shape index (κ1) is 17.5. The largest absolute Gasteiger partial charge is 0.382 e. The number of halogens is 1. The normalized spacial score (nSPS) is 14.9. The van der Waals surface area contributed by atoms with Crippen LogP contribution in [-0.4, -0.2) is 15.9 Å². The summed E-state index contributed by atoms with van der Waals surface area (Å²) in [4.78, 5) is 20.3. The highest BCUT2D eigenvalue weighted by Crippen LogP contribution is 2.26. The SMILES string of the molecule is Nc1ncnc(NCc2cccc(NC(=O)C3CCCCC3)c2)c1Cl. The standard InChI is InChI=1S/C18H22ClN5O/c19-15-16(20)22-11-23-17(15)21-10-12-5-4-8-14(9-12)24-18(25)13-6-2-1-3-7-13/h4-5,8-9,11,13H,1-3,6-7,10H2,(H,24,25)(H3,20,21,22,23). The van der Waals surface area contributed by atoms with Crippen molar-refractivity contribution in [1.82, 2.24) is 9.97 Å². The molecule has 2 aromatic rings. The molecule has 1 fully saturated rings. The van der Waals surface area contributed by atoms with Gasteiger partial charge in [0, 0.05) is 18.2 Å². The number of rotatable bonds is 5. The van der Waals surface area contributed by atoms with Crippen molar-refractivity contribution in [1.29, 1.82) is 0 Å². The molecule has 1 aromatic carbocycles. The lowest BCUT2D eigenvalue weighted by atomic mass is 9.88. The molecule has 0 aliphatic heterocycles. The third-order valence-corrected chi connectivity index (χ3v) is 4.82. The van der Waals surface area contributed by atoms with Gasteiger partial charge in [-0.15, -0.1) is 0 Å². The fourth-order valence-electron chi connectivity index (χ4n) is 3.06. The van der Waals surface area contributed by atoms with E-state index in [1.54, 1.807) is 0 Å². The molecule has 1 aliphatic carbocycles. The molecule has 25 heavy (non-hydrogen) atoms. The second kappa shape index (κ2) is 8.16. The molecule has 3 rings (SSSR count). The zero-order valence-corrected chi connectivity index (χ0v) is 14.7. The molecule has 1 amide bonds. The van der Waals surface area contributed by atoms with Crippen molar-refractivity contribution in [3.63, 3.8) is 0 Å². The number of carbonyl (C=O) groups is 1. The molecule has 0 radical (unpaired) electrons. The molecule has 7 heteroatoms. The average molecular weight is 360 g/mol. The van der Waals surface area contributed by atoms with Crippen LogP contribution in [0.25, 0.3) is 0 Å². The molecule has 132 valence electrons. The zero-order valence-electron chi connectivity index (χ0n) is 14.0. The van der Waals surface area contributed by atoms with Crippen molar-refractivity contribution in [2.45, 2.75) is 38.6 Å². The van der Waals surface area contributed by atoms with Crippen LogP contribution in [0.4, 0.5) is 17.3 Å². The molecule has 1 aliphatic rings. The highest BCUT2D eigenvalue weighted by Gasteiger charge is 2.21. The Morgan fingerprint density at radius 2 is 2.04 bits per heavy atom. The van der Waals surface area contributed by atoms with Crippen molar-refractivity contribution >= 4 is 34.8 Å². The quantitative estimate of drug-likeness (QED) is 0.754. The van der Waals surface area contributed by atoms with Crippen LogP contribution in [0, 0.1) is 5.92 Å². The molecule has 1 heterocycles. The van der Waals surface area contributed by atoms with Crippen LogP contribution < -0.4 is 16.4 Å². The third kappa shape index (κ3) is 4.60. The van der Waals surface area contributed by atoms with E-state index in [-0.39, 0.29) is 17.6 Å². The number of nitrogens with two attached hydrogens (primary N) is 1. The fraction of sp³-hybridized carbons (Fsp3) is 0.389. The summed E-state index contributed by atoms with van der Waals surface area (Å²) in [5.74, 6) is 0.994. The lowest BCUT2D eigenvalue weighted by molar-refractivity contribution is -0.120. The Balaban J connectivity index is 1.61. The van der Waals surface area contributed by atoms with E-state index in [1.807, 2.05) is 24.3 Å². The van der Waals surface area contributed by atoms with Gasteiger partial charge in [0.25, 0.3) is 0 Å². The number of nitrogens with one attached hydrogen (secondary N) is 2. The van der Waals surface area contributed by atoms with E-state index < -0.39 is 0 Å². The Bertz CT molecular complexity index is 746. The van der Waals surface area contributed by atoms with Gasteiger partial charge < -0.3 is 16.4 Å². The summed E-state index contributed by atoms with van der Waals surface area (Å²) in [5.41, 5.74) is 7.49. The van der Waals surface area contributed by atoms with Crippen LogP contribution in [0.15, 0.2) is 30.6 Å². The molecule has 1 aromatic heterocycles. The molecule has 0 unspecified atom stereocenters. The van der Waals surface area contributed by atoms with Crippen molar-refractivity contribution in [3.8, 4) is 0 Å². The maximum absolute atomic E-state index is 12.4. The molecule has 0 atom stereocenters. The number of amides is 1. The molecular formula is C18H22ClN5O. The monoisotopic (exact) mass is 359 g/mol. The Labute approximate surface area is 152 Å². The second-order valence-electron chi connectivity index (χ2n) is 6.30. The van der Waals surface area contributed by atoms with E-state index in [1.165, 1.54) is 12.7 Å². The van der Waals surface area contributed by atoms with E-state index in [4.69, 9.17) is 17.3 Å². The van der Waals surface area contributed by atoms with Gasteiger partial charge in [0.2, 0.25) is 5.91 Å². The van der Waals surface area contributed by atoms with Crippen LogP contribution in [0.2, 0.25) is 5.02 Å². The van der Waals surface area contributed by atoms with Gasteiger partial charge in [0.1, 0.15) is 17.2 Å². The summed E-state index contributed by atoms with van der Waals surface area (Å²) in [6.45, 7) is 0.517. The van der Waals surface area contributed by atoms with Gasteiger partial charge in [-0.3, -0.25) is 4.79 Å². The van der Waals surface area contributed by atoms with Gasteiger partial charge in [0.05, 0.1) is 0 Å². The molecule has 0 spiro atoms. The molecule has 0 bridgehead atoms. The Morgan fingerprint density at radius 3 is 2.84 bits per heavy atom. The summed E-state index contributed by atoms with van der Waals surface area (Å²) in [5, 5.41) is 6.48. The zero-order chi connectivity index (χ0) is 17.6. The summed E-state index contributed by atoms with van der Waals surface area (Å²) in [7, 11) is 0. The average Bonchev–Trinajstić information content (AvgIpc) is 2.64. The van der Waals surface area contributed by atoms with E-state index in [2.05, 4.69) is 20.6 Å². The summed E-state index contributed by atoms with van der Waals surface area (Å²) in [6.07, 6.45) is 6.86. The number of hydrogen-bond donors (Lipinski definition) is 3. The maximum Gasteiger partial charge on any atom is 0.227 e. The van der Waals surface area contributed by atoms with Gasteiger partial charge in [-0.1, -0.05) is 43.0 Å². The summed E-state index contributed by atoms with van der Waals surface area (Å²) < 4.78 is 0. The summed E-state index contributed by atoms with van der Waals surface area (Å²) >= 11 is 6.08. The Kier molecular flexibility index (Phi) is 5.71. The van der Waals surface area contributed by atoms with Gasteiger partial charge in [-0.2, -0.15) is 0 Å². The predicted octanol–water partition coefficient (Wildman–Crippen LogP) is 3.84. The lowest BCUT2D eigenvalue weighted by Gasteiger charge is -2.20. The number of hydrogen-bond acceptors (Lipinski definition) is 5. The maximum atomic E-state index is 12.4. The van der Waals surface area contributed by atoms with E-state index in [9.17, 15) is 4.79 Å². The predicted molar refractivity (Wildman–Crippen MR) is 100 cm³/mol. The fourth-order valence-corrected chi connectivity index (χ4v) is 3.23. The third-order valence-electron chi connectivity index (χ3n) is 4.45. The van der Waals surface area contributed by atoms with Crippen LogP contribution in [0.3, 0.4) is 0 Å². The number of anilines is 3. The molecule has 0 saturated heterocycles. The van der Waals surface area contributed by atoms with Crippen molar-refractivity contribution in [2.24, 2.45) is 5.92 Å². The number of nitrogens with zero attached hydrogens (tertiary/aromatic N) is 2. The van der Waals surface area contributed by atoms with Gasteiger partial charge >= 0.3 is 0 Å². The number of benzene rings is 1. The minimum absolute atomic E-state index is 0.122. The second-order valence-corrected chi connectivity index (χ2v) is 6.68. The smallest absolute Gasteiger partial charge is 0.227 e. The molecule has 6 nitrogen and oxygen atoms in total. The number of nitrogen functional groups attached to an aromatic ring is 1. The van der Waals surface area contributed by atoms with Gasteiger partial charge in [-0.25, -0.2) is 9.97 Å². The number of carbonyl (C=O) groups excluding carboxylic acids is 1. The lowest BCUT2D eigenvalue weighted by Crippen LogP contribution is -2.24. The topological polar surface area (TPSA) is 92.9 Å². The first-order valence-electron chi connectivity index (χ1n) is 8.53. The van der Waals surface area contributed by atoms with E-state index >= 15 is 0 Å². The summed E-state index contributed by atoms with van der Waals surface area (Å²) in [6, 6.07) is 7.75. The molecule has 4 N–H and O–H groups in total. The minimum atomic E-state index is 0.122. The van der Waals surface area contributed by atoms with Gasteiger partial charge in [-0.05, 0) is 30.5 Å². The first-order chi connectivity index (χ1) is 12.1. The molecule has 1 saturated carbocycles. The Morgan fingerprint density at radius 1 is 1.24 bits per heavy atom. The van der Waals surface area contributed by atoms with Crippen molar-refractivity contribution < 1.29 is 4.79 Å². The molecular weight excluding hydrogens is 338 g/mol. The van der Waals surface area contributed by atoms with Crippen molar-refractivity contribution in [3.05, 3.63) is 41.2 Å². The van der Waals surface area contributed by atoms with Crippen LogP contribution in [0.5, 0.6) is 0 Å². The van der Waals surface area contributed by atoms with Crippen LogP contribution in [0.1, 0.15) is 37.7 Å². The van der Waals surface area contributed by atoms with Crippen molar-refractivity contribution in [2.75, 3.05) is 16.4 Å². The van der Waals surface area contributed by atoms with Crippen LogP contribution >= 0.6 is 11.6 Å². The first-order valence-corrected chi connectivity index (χ1v) is 8.91. The minimum Gasteiger partial charge on any atom is -0.382 e. The van der Waals surface area contributed by atoms with E-state index in [0.717, 1.165) is 36.9 Å². The number of aromatic nitrogens is 2. The Hall–Kier alpha value is -2.34. The van der Waals surface area contributed by atoms with Gasteiger partial charge in [0.15, 0.2) is 5.82 Å². The van der Waals surface area contributed by atoms with E-state index in [0.29, 0.717) is 17.4 Å². The van der Waals surface area contributed by atoms with Crippen LogP contribution in [-0.2, 0) is 11.3 Å². The highest BCUT2D eigenvalue weighted by molar-refractivity contribution is 6.35. The highest BCUT2D eigenvalue weighted by atomic mass is 35.5.